The molecule has 1 aliphatic heterocycles. The quantitative estimate of drug-likeness (QED) is 0.277. The Kier molecular flexibility index (Phi) is 6.90. The van der Waals surface area contributed by atoms with Crippen molar-refractivity contribution in [3.05, 3.63) is 71.4 Å². The van der Waals surface area contributed by atoms with Crippen LogP contribution in [0.4, 0.5) is 18.0 Å². The molecule has 0 N–H and O–H groups in total. The number of esters is 1. The van der Waals surface area contributed by atoms with Crippen LogP contribution < -0.4 is 4.74 Å². The Bertz CT molecular complexity index is 1280. The predicted molar refractivity (Wildman–Crippen MR) is 125 cm³/mol. The number of hydrogen-bond acceptors (Lipinski definition) is 6. The lowest BCUT2D eigenvalue weighted by Gasteiger charge is -2.28. The van der Waals surface area contributed by atoms with Crippen LogP contribution in [-0.4, -0.2) is 21.9 Å². The molecule has 1 aromatic heterocycles. The van der Waals surface area contributed by atoms with Crippen LogP contribution in [0.2, 0.25) is 0 Å². The second-order valence-corrected chi connectivity index (χ2v) is 9.38. The molecule has 0 radical (unpaired) electrons. The van der Waals surface area contributed by atoms with Crippen molar-refractivity contribution in [3.8, 4) is 17.0 Å². The largest absolute Gasteiger partial charge is 0.514 e. The predicted octanol–water partition coefficient (Wildman–Crippen LogP) is 6.46. The van der Waals surface area contributed by atoms with Crippen LogP contribution in [0.25, 0.3) is 11.3 Å². The van der Waals surface area contributed by atoms with E-state index in [1.165, 1.54) is 12.1 Å². The van der Waals surface area contributed by atoms with E-state index in [1.807, 2.05) is 29.1 Å². The fraction of sp³-hybridized carbons (Fsp3) is 0.370. The summed E-state index contributed by atoms with van der Waals surface area (Å²) in [6, 6.07) is 12.3. The summed E-state index contributed by atoms with van der Waals surface area (Å²) in [5.74, 6) is 0.334. The molecule has 3 aromatic rings. The third kappa shape index (κ3) is 5.95. The Labute approximate surface area is 211 Å². The third-order valence-corrected chi connectivity index (χ3v) is 6.84. The van der Waals surface area contributed by atoms with Gasteiger partial charge in [0, 0.05) is 23.7 Å². The van der Waals surface area contributed by atoms with Gasteiger partial charge in [-0.2, -0.15) is 18.3 Å². The van der Waals surface area contributed by atoms with Crippen LogP contribution in [0, 0.1) is 5.92 Å². The maximum atomic E-state index is 12.7. The van der Waals surface area contributed by atoms with E-state index in [0.717, 1.165) is 54.6 Å². The van der Waals surface area contributed by atoms with E-state index in [-0.39, 0.29) is 37.6 Å². The summed E-state index contributed by atoms with van der Waals surface area (Å²) in [4.78, 5) is 23.7. The smallest absolute Gasteiger partial charge is 0.461 e. The molecule has 194 valence electrons. The molecular formula is C27H25F3N2O5. The summed E-state index contributed by atoms with van der Waals surface area (Å²) < 4.78 is 55.3. The van der Waals surface area contributed by atoms with Gasteiger partial charge in [-0.05, 0) is 61.4 Å². The van der Waals surface area contributed by atoms with Crippen molar-refractivity contribution in [3.63, 3.8) is 0 Å². The Hall–Kier alpha value is -3.82. The number of benzene rings is 2. The van der Waals surface area contributed by atoms with E-state index in [0.29, 0.717) is 11.3 Å². The second-order valence-electron chi connectivity index (χ2n) is 9.38. The summed E-state index contributed by atoms with van der Waals surface area (Å²) in [6.07, 6.45) is 0.569. The lowest BCUT2D eigenvalue weighted by molar-refractivity contribution is -0.146. The maximum absolute atomic E-state index is 12.7. The van der Waals surface area contributed by atoms with Gasteiger partial charge in [0.1, 0.15) is 19.0 Å². The zero-order valence-electron chi connectivity index (χ0n) is 19.9. The number of cyclic esters (lactones) is 1. The van der Waals surface area contributed by atoms with Crippen molar-refractivity contribution >= 4 is 12.1 Å². The lowest BCUT2D eigenvalue weighted by atomic mass is 9.84. The molecule has 2 aromatic carbocycles. The van der Waals surface area contributed by atoms with Crippen LogP contribution in [0.1, 0.15) is 54.8 Å². The third-order valence-electron chi connectivity index (χ3n) is 6.84. The van der Waals surface area contributed by atoms with Gasteiger partial charge in [0.25, 0.3) is 0 Å². The van der Waals surface area contributed by atoms with Crippen molar-refractivity contribution in [2.24, 2.45) is 5.92 Å². The zero-order chi connectivity index (χ0) is 26.0. The number of hydrogen-bond donors (Lipinski definition) is 0. The average Bonchev–Trinajstić information content (AvgIpc) is 3.38. The molecule has 0 unspecified atom stereocenters. The van der Waals surface area contributed by atoms with E-state index in [9.17, 15) is 22.8 Å². The number of ether oxygens (including phenoxy) is 3. The molecule has 0 saturated heterocycles. The molecule has 1 aliphatic carbocycles. The van der Waals surface area contributed by atoms with Gasteiger partial charge in [-0.3, -0.25) is 9.48 Å². The normalized spacial score (nSPS) is 19.5. The first-order valence-corrected chi connectivity index (χ1v) is 12.1. The molecule has 0 amide bonds. The van der Waals surface area contributed by atoms with Gasteiger partial charge in [-0.25, -0.2) is 4.79 Å². The van der Waals surface area contributed by atoms with Crippen molar-refractivity contribution in [1.29, 1.82) is 0 Å². The number of alkyl halides is 3. The fourth-order valence-corrected chi connectivity index (χ4v) is 4.74. The molecule has 1 fully saturated rings. The molecule has 0 spiro atoms. The highest BCUT2D eigenvalue weighted by atomic mass is 19.4. The van der Waals surface area contributed by atoms with Crippen LogP contribution in [0.3, 0.4) is 0 Å². The highest BCUT2D eigenvalue weighted by Crippen LogP contribution is 2.35. The molecule has 0 bridgehead atoms. The highest BCUT2D eigenvalue weighted by Gasteiger charge is 2.30. The number of aromatic nitrogens is 2. The number of rotatable bonds is 6. The monoisotopic (exact) mass is 514 g/mol. The van der Waals surface area contributed by atoms with Crippen molar-refractivity contribution < 1.29 is 37.0 Å². The van der Waals surface area contributed by atoms with Gasteiger partial charge in [0.2, 0.25) is 0 Å². The Morgan fingerprint density at radius 3 is 2.54 bits per heavy atom. The first kappa shape index (κ1) is 24.9. The SMILES string of the molecule is O=C(CC1CCC(n2ccc(-c3ccc4c(c3)OC(=O)OC4)n2)CC1)OCc1ccc(C(F)(F)F)cc1. The summed E-state index contributed by atoms with van der Waals surface area (Å²) in [7, 11) is 0. The molecule has 10 heteroatoms. The van der Waals surface area contributed by atoms with Gasteiger partial charge in [0.05, 0.1) is 17.3 Å². The van der Waals surface area contributed by atoms with E-state index >= 15 is 0 Å². The molecule has 37 heavy (non-hydrogen) atoms. The number of carbonyl (C=O) groups excluding carboxylic acids is 2. The standard InChI is InChI=1S/C27H25F3N2O5/c28-27(29,30)21-7-1-18(2-8-21)15-35-25(33)13-17-3-9-22(10-4-17)32-12-11-23(31-32)19-5-6-20-16-36-26(34)37-24(20)14-19/h1-2,5-8,11-12,14,17,22H,3-4,9-10,13,15-16H2. The van der Waals surface area contributed by atoms with Crippen LogP contribution in [0.5, 0.6) is 5.75 Å². The van der Waals surface area contributed by atoms with Gasteiger partial charge < -0.3 is 14.2 Å². The Balaban J connectivity index is 1.10. The summed E-state index contributed by atoms with van der Waals surface area (Å²) >= 11 is 0. The molecule has 1 saturated carbocycles. The zero-order valence-corrected chi connectivity index (χ0v) is 19.9. The number of halogens is 3. The average molecular weight is 515 g/mol. The molecule has 2 heterocycles. The second kappa shape index (κ2) is 10.3. The van der Waals surface area contributed by atoms with Gasteiger partial charge in [0.15, 0.2) is 0 Å². The fourth-order valence-electron chi connectivity index (χ4n) is 4.74. The first-order valence-electron chi connectivity index (χ1n) is 12.1. The van der Waals surface area contributed by atoms with E-state index in [4.69, 9.17) is 19.3 Å². The van der Waals surface area contributed by atoms with Crippen molar-refractivity contribution in [2.45, 2.75) is 57.5 Å². The van der Waals surface area contributed by atoms with Gasteiger partial charge >= 0.3 is 18.3 Å². The molecule has 7 nitrogen and oxygen atoms in total. The molecule has 0 atom stereocenters. The minimum atomic E-state index is -4.39. The molecule has 2 aliphatic rings. The molecule has 5 rings (SSSR count). The first-order chi connectivity index (χ1) is 17.7. The molecular weight excluding hydrogens is 489 g/mol. The minimum Gasteiger partial charge on any atom is -0.461 e. The minimum absolute atomic E-state index is 0.0443. The van der Waals surface area contributed by atoms with Crippen LogP contribution >= 0.6 is 0 Å². The van der Waals surface area contributed by atoms with Crippen LogP contribution in [-0.2, 0) is 33.7 Å². The van der Waals surface area contributed by atoms with Gasteiger partial charge in [-0.1, -0.05) is 24.3 Å². The van der Waals surface area contributed by atoms with E-state index < -0.39 is 17.9 Å². The highest BCUT2D eigenvalue weighted by molar-refractivity contribution is 5.70. The maximum Gasteiger partial charge on any atom is 0.514 e. The Morgan fingerprint density at radius 2 is 1.81 bits per heavy atom. The van der Waals surface area contributed by atoms with Gasteiger partial charge in [-0.15, -0.1) is 0 Å². The summed E-state index contributed by atoms with van der Waals surface area (Å²) in [5.41, 5.74) is 2.21. The summed E-state index contributed by atoms with van der Waals surface area (Å²) in [6.45, 7) is 0.145. The van der Waals surface area contributed by atoms with Crippen LogP contribution in [0.15, 0.2) is 54.7 Å². The Morgan fingerprint density at radius 1 is 1.05 bits per heavy atom. The summed E-state index contributed by atoms with van der Waals surface area (Å²) in [5, 5.41) is 4.73. The van der Waals surface area contributed by atoms with Crippen molar-refractivity contribution in [1.82, 2.24) is 9.78 Å². The topological polar surface area (TPSA) is 79.7 Å². The number of nitrogens with zero attached hydrogens (tertiary/aromatic N) is 2. The van der Waals surface area contributed by atoms with Crippen molar-refractivity contribution in [2.75, 3.05) is 0 Å². The number of carbonyl (C=O) groups is 2. The lowest BCUT2D eigenvalue weighted by Crippen LogP contribution is -2.21. The number of fused-ring (bicyclic) bond motifs is 1. The van der Waals surface area contributed by atoms with E-state index in [2.05, 4.69) is 0 Å². The van der Waals surface area contributed by atoms with E-state index in [1.54, 1.807) is 6.07 Å².